The zero-order valence-electron chi connectivity index (χ0n) is 23.7. The quantitative estimate of drug-likeness (QED) is 0.343. The summed E-state index contributed by atoms with van der Waals surface area (Å²) in [5, 5.41) is 9.22. The summed E-state index contributed by atoms with van der Waals surface area (Å²) in [7, 11) is 0. The fourth-order valence-corrected chi connectivity index (χ4v) is 9.98. The molecule has 4 aliphatic carbocycles. The first-order valence-corrected chi connectivity index (χ1v) is 15.2. The molecule has 1 aromatic carbocycles. The van der Waals surface area contributed by atoms with E-state index in [-0.39, 0.29) is 0 Å². The van der Waals surface area contributed by atoms with Gasteiger partial charge in [0.15, 0.2) is 0 Å². The number of para-hydroxylation sites is 1. The van der Waals surface area contributed by atoms with Crippen LogP contribution < -0.4 is 4.74 Å². The van der Waals surface area contributed by atoms with Crippen LogP contribution in [0, 0.1) is 53.3 Å². The van der Waals surface area contributed by atoms with E-state index in [1.54, 1.807) is 0 Å². The zero-order chi connectivity index (χ0) is 26.2. The molecule has 0 bridgehead atoms. The van der Waals surface area contributed by atoms with Gasteiger partial charge in [-0.3, -0.25) is 4.79 Å². The zero-order valence-corrected chi connectivity index (χ0v) is 23.7. The van der Waals surface area contributed by atoms with Crippen LogP contribution in [0.5, 0.6) is 5.75 Å². The molecule has 5 rings (SSSR count). The number of rotatable bonds is 9. The van der Waals surface area contributed by atoms with Crippen molar-refractivity contribution < 1.29 is 19.4 Å². The minimum Gasteiger partial charge on any atom is -0.491 e. The largest absolute Gasteiger partial charge is 0.491 e. The van der Waals surface area contributed by atoms with Gasteiger partial charge in [0.2, 0.25) is 0 Å². The molecule has 0 amide bonds. The van der Waals surface area contributed by atoms with Crippen LogP contribution in [0.15, 0.2) is 24.3 Å². The Kier molecular flexibility index (Phi) is 7.97. The standard InChI is InChI=1S/C33H50O4/c1-22(9-14-31(34)35)27-12-13-28-26-11-10-24-21-25(36-19-20-37-30-8-6-5-7-23(30)2)15-17-32(24,3)29(26)16-18-33(27,28)4/h5-8,22,24-29H,9-21H2,1-4H3,(H,34,35). The Balaban J connectivity index is 1.16. The van der Waals surface area contributed by atoms with Crippen LogP contribution in [0.2, 0.25) is 0 Å². The van der Waals surface area contributed by atoms with Gasteiger partial charge < -0.3 is 14.6 Å². The smallest absolute Gasteiger partial charge is 0.303 e. The Morgan fingerprint density at radius 3 is 2.54 bits per heavy atom. The predicted octanol–water partition coefficient (Wildman–Crippen LogP) is 7.92. The lowest BCUT2D eigenvalue weighted by Gasteiger charge is -2.61. The molecule has 9 unspecified atom stereocenters. The van der Waals surface area contributed by atoms with Gasteiger partial charge in [-0.05, 0) is 129 Å². The SMILES string of the molecule is Cc1ccccc1OCCOC1CCC2(C)C(CCC3C2CCC2(C)C(C(C)CCC(=O)O)CCC32)C1. The van der Waals surface area contributed by atoms with Crippen molar-refractivity contribution in [2.24, 2.45) is 46.3 Å². The highest BCUT2D eigenvalue weighted by atomic mass is 16.5. The Bertz CT molecular complexity index is 944. The summed E-state index contributed by atoms with van der Waals surface area (Å²) in [5.74, 6) is 4.93. The van der Waals surface area contributed by atoms with E-state index in [9.17, 15) is 9.90 Å². The van der Waals surface area contributed by atoms with Crippen molar-refractivity contribution in [3.05, 3.63) is 29.8 Å². The summed E-state index contributed by atoms with van der Waals surface area (Å²) < 4.78 is 12.3. The molecule has 0 heterocycles. The maximum Gasteiger partial charge on any atom is 0.303 e. The van der Waals surface area contributed by atoms with Crippen LogP contribution in [0.1, 0.15) is 97.0 Å². The van der Waals surface area contributed by atoms with Crippen molar-refractivity contribution in [1.29, 1.82) is 0 Å². The van der Waals surface area contributed by atoms with E-state index in [0.29, 0.717) is 48.4 Å². The second-order valence-corrected chi connectivity index (χ2v) is 13.7. The topological polar surface area (TPSA) is 55.8 Å². The molecule has 206 valence electrons. The molecule has 0 aliphatic heterocycles. The van der Waals surface area contributed by atoms with E-state index in [2.05, 4.69) is 33.8 Å². The van der Waals surface area contributed by atoms with Crippen molar-refractivity contribution in [2.75, 3.05) is 13.2 Å². The monoisotopic (exact) mass is 510 g/mol. The molecule has 4 saturated carbocycles. The van der Waals surface area contributed by atoms with E-state index in [1.807, 2.05) is 18.2 Å². The van der Waals surface area contributed by atoms with Crippen molar-refractivity contribution in [1.82, 2.24) is 0 Å². The average Bonchev–Trinajstić information content (AvgIpc) is 3.23. The van der Waals surface area contributed by atoms with E-state index in [4.69, 9.17) is 9.47 Å². The summed E-state index contributed by atoms with van der Waals surface area (Å²) in [4.78, 5) is 11.2. The van der Waals surface area contributed by atoms with Gasteiger partial charge in [-0.1, -0.05) is 39.0 Å². The summed E-state index contributed by atoms with van der Waals surface area (Å²) in [5.41, 5.74) is 2.06. The highest BCUT2D eigenvalue weighted by Crippen LogP contribution is 2.68. The molecule has 4 fully saturated rings. The van der Waals surface area contributed by atoms with Crippen LogP contribution >= 0.6 is 0 Å². The number of ether oxygens (including phenoxy) is 2. The van der Waals surface area contributed by atoms with Crippen LogP contribution in [0.4, 0.5) is 0 Å². The number of aryl methyl sites for hydroxylation is 1. The van der Waals surface area contributed by atoms with Gasteiger partial charge in [0.1, 0.15) is 12.4 Å². The van der Waals surface area contributed by atoms with Gasteiger partial charge in [0.25, 0.3) is 0 Å². The number of fused-ring (bicyclic) bond motifs is 5. The molecule has 0 spiro atoms. The van der Waals surface area contributed by atoms with E-state index in [0.717, 1.165) is 35.8 Å². The Labute approximate surface area is 224 Å². The first-order chi connectivity index (χ1) is 17.7. The number of carboxylic acid groups (broad SMARTS) is 1. The second kappa shape index (κ2) is 10.9. The van der Waals surface area contributed by atoms with Gasteiger partial charge in [0.05, 0.1) is 12.7 Å². The van der Waals surface area contributed by atoms with Crippen LogP contribution in [-0.4, -0.2) is 30.4 Å². The molecule has 4 heteroatoms. The predicted molar refractivity (Wildman–Crippen MR) is 148 cm³/mol. The lowest BCUT2D eigenvalue weighted by molar-refractivity contribution is -0.140. The van der Waals surface area contributed by atoms with E-state index < -0.39 is 5.97 Å². The molecule has 4 nitrogen and oxygen atoms in total. The molecule has 37 heavy (non-hydrogen) atoms. The third kappa shape index (κ3) is 5.21. The molecular weight excluding hydrogens is 460 g/mol. The highest BCUT2D eigenvalue weighted by Gasteiger charge is 2.60. The highest BCUT2D eigenvalue weighted by molar-refractivity contribution is 5.66. The number of benzene rings is 1. The minimum atomic E-state index is -0.639. The van der Waals surface area contributed by atoms with Gasteiger partial charge >= 0.3 is 5.97 Å². The van der Waals surface area contributed by atoms with Gasteiger partial charge in [-0.2, -0.15) is 0 Å². The Hall–Kier alpha value is -1.55. The summed E-state index contributed by atoms with van der Waals surface area (Å²) in [6.07, 6.45) is 13.4. The number of carbonyl (C=O) groups is 1. The Morgan fingerprint density at radius 2 is 1.76 bits per heavy atom. The summed E-state index contributed by atoms with van der Waals surface area (Å²) >= 11 is 0. The van der Waals surface area contributed by atoms with Crippen molar-refractivity contribution in [3.8, 4) is 5.75 Å². The van der Waals surface area contributed by atoms with Crippen molar-refractivity contribution in [2.45, 2.75) is 104 Å². The number of aliphatic carboxylic acids is 1. The van der Waals surface area contributed by atoms with Crippen molar-refractivity contribution >= 4 is 5.97 Å². The van der Waals surface area contributed by atoms with Crippen LogP contribution in [-0.2, 0) is 9.53 Å². The van der Waals surface area contributed by atoms with Crippen LogP contribution in [0.25, 0.3) is 0 Å². The van der Waals surface area contributed by atoms with Gasteiger partial charge in [-0.25, -0.2) is 0 Å². The fourth-order valence-electron chi connectivity index (χ4n) is 9.98. The lowest BCUT2D eigenvalue weighted by atomic mass is 9.44. The minimum absolute atomic E-state index is 0.325. The molecule has 0 radical (unpaired) electrons. The molecule has 9 atom stereocenters. The van der Waals surface area contributed by atoms with Crippen LogP contribution in [0.3, 0.4) is 0 Å². The number of carboxylic acids is 1. The molecule has 4 aliphatic rings. The third-order valence-corrected chi connectivity index (χ3v) is 12.0. The lowest BCUT2D eigenvalue weighted by Crippen LogP contribution is -2.54. The van der Waals surface area contributed by atoms with E-state index in [1.165, 1.54) is 63.4 Å². The maximum absolute atomic E-state index is 11.2. The first-order valence-electron chi connectivity index (χ1n) is 15.2. The Morgan fingerprint density at radius 1 is 1.00 bits per heavy atom. The molecule has 1 N–H and O–H groups in total. The summed E-state index contributed by atoms with van der Waals surface area (Å²) in [6, 6.07) is 8.21. The first kappa shape index (κ1) is 27.0. The number of hydrogen-bond acceptors (Lipinski definition) is 3. The molecule has 0 aromatic heterocycles. The third-order valence-electron chi connectivity index (χ3n) is 12.0. The summed E-state index contributed by atoms with van der Waals surface area (Å²) in [6.45, 7) is 10.9. The molecular formula is C33H50O4. The number of hydrogen-bond donors (Lipinski definition) is 1. The fraction of sp³-hybridized carbons (Fsp3) is 0.788. The maximum atomic E-state index is 11.2. The van der Waals surface area contributed by atoms with E-state index >= 15 is 0 Å². The van der Waals surface area contributed by atoms with Gasteiger partial charge in [-0.15, -0.1) is 0 Å². The molecule has 1 aromatic rings. The van der Waals surface area contributed by atoms with Gasteiger partial charge in [0, 0.05) is 6.42 Å². The normalized spacial score (nSPS) is 39.8. The van der Waals surface area contributed by atoms with Crippen molar-refractivity contribution in [3.63, 3.8) is 0 Å². The second-order valence-electron chi connectivity index (χ2n) is 13.7. The molecule has 0 saturated heterocycles. The average molecular weight is 511 g/mol.